The van der Waals surface area contributed by atoms with Gasteiger partial charge in [-0.2, -0.15) is 5.10 Å². The highest BCUT2D eigenvalue weighted by Crippen LogP contribution is 2.23. The smallest absolute Gasteiger partial charge is 0.271 e. The lowest BCUT2D eigenvalue weighted by molar-refractivity contribution is -0.384. The number of carbonyl (C=O) groups excluding carboxylic acids is 1. The van der Waals surface area contributed by atoms with Crippen molar-refractivity contribution < 1.29 is 18.5 Å². The lowest BCUT2D eigenvalue weighted by atomic mass is 10.1. The highest BCUT2D eigenvalue weighted by Gasteiger charge is 2.08. The minimum atomic E-state index is -0.483. The summed E-state index contributed by atoms with van der Waals surface area (Å²) in [5.41, 5.74) is 3.24. The number of non-ortho nitro benzene ring substituents is 1. The second-order valence-electron chi connectivity index (χ2n) is 5.21. The van der Waals surface area contributed by atoms with Gasteiger partial charge in [-0.3, -0.25) is 14.9 Å². The zero-order chi connectivity index (χ0) is 18.5. The van der Waals surface area contributed by atoms with Crippen molar-refractivity contribution in [1.82, 2.24) is 5.43 Å². The molecule has 0 unspecified atom stereocenters. The van der Waals surface area contributed by atoms with Crippen molar-refractivity contribution in [2.75, 3.05) is 0 Å². The molecule has 0 aliphatic carbocycles. The number of nitro groups is 1. The molecule has 8 heteroatoms. The van der Waals surface area contributed by atoms with Gasteiger partial charge in [-0.25, -0.2) is 9.82 Å². The van der Waals surface area contributed by atoms with E-state index in [4.69, 9.17) is 4.42 Å². The Bertz CT molecular complexity index is 963. The highest BCUT2D eigenvalue weighted by molar-refractivity contribution is 5.94. The Balaban J connectivity index is 1.64. The molecule has 7 nitrogen and oxygen atoms in total. The summed E-state index contributed by atoms with van der Waals surface area (Å²) in [5.74, 6) is -0.0215. The Morgan fingerprint density at radius 2 is 1.77 bits per heavy atom. The molecule has 0 aliphatic rings. The molecule has 0 radical (unpaired) electrons. The van der Waals surface area contributed by atoms with Crippen LogP contribution in [0.15, 0.2) is 70.2 Å². The van der Waals surface area contributed by atoms with Gasteiger partial charge in [0.25, 0.3) is 11.6 Å². The minimum Gasteiger partial charge on any atom is -0.455 e. The van der Waals surface area contributed by atoms with Gasteiger partial charge < -0.3 is 4.42 Å². The summed E-state index contributed by atoms with van der Waals surface area (Å²) in [4.78, 5) is 22.0. The van der Waals surface area contributed by atoms with Crippen molar-refractivity contribution in [3.8, 4) is 11.3 Å². The number of halogens is 1. The number of hydrazone groups is 1. The number of nitrogens with zero attached hydrogens (tertiary/aromatic N) is 2. The second-order valence-corrected chi connectivity index (χ2v) is 5.21. The van der Waals surface area contributed by atoms with Crippen LogP contribution < -0.4 is 5.43 Å². The van der Waals surface area contributed by atoms with Crippen molar-refractivity contribution in [3.05, 3.63) is 87.9 Å². The summed E-state index contributed by atoms with van der Waals surface area (Å²) in [5, 5.41) is 14.4. The topological polar surface area (TPSA) is 97.7 Å². The van der Waals surface area contributed by atoms with E-state index in [1.54, 1.807) is 24.3 Å². The molecule has 0 saturated heterocycles. The summed E-state index contributed by atoms with van der Waals surface area (Å²) in [6.45, 7) is 0. The summed E-state index contributed by atoms with van der Waals surface area (Å²) in [6.07, 6.45) is 1.32. The largest absolute Gasteiger partial charge is 0.455 e. The normalized spacial score (nSPS) is 10.8. The molecule has 26 heavy (non-hydrogen) atoms. The lowest BCUT2D eigenvalue weighted by Gasteiger charge is -1.99. The van der Waals surface area contributed by atoms with Crippen LogP contribution in [0.3, 0.4) is 0 Å². The molecule has 0 atom stereocenters. The fraction of sp³-hybridized carbons (Fsp3) is 0. The molecule has 0 spiro atoms. The van der Waals surface area contributed by atoms with Gasteiger partial charge in [0.1, 0.15) is 17.3 Å². The van der Waals surface area contributed by atoms with Crippen LogP contribution in [0, 0.1) is 15.9 Å². The van der Waals surface area contributed by atoms with Crippen LogP contribution in [0.1, 0.15) is 16.1 Å². The van der Waals surface area contributed by atoms with Crippen LogP contribution in [0.2, 0.25) is 0 Å². The van der Waals surface area contributed by atoms with Crippen LogP contribution in [0.4, 0.5) is 10.1 Å². The fourth-order valence-electron chi connectivity index (χ4n) is 2.15. The van der Waals surface area contributed by atoms with E-state index < -0.39 is 16.6 Å². The molecule has 1 amide bonds. The van der Waals surface area contributed by atoms with Crippen LogP contribution in [0.5, 0.6) is 0 Å². The Labute approximate surface area is 146 Å². The fourth-order valence-corrected chi connectivity index (χ4v) is 2.15. The molecule has 0 bridgehead atoms. The van der Waals surface area contributed by atoms with Crippen molar-refractivity contribution in [1.29, 1.82) is 0 Å². The first-order valence-corrected chi connectivity index (χ1v) is 7.46. The predicted molar refractivity (Wildman–Crippen MR) is 92.3 cm³/mol. The maximum Gasteiger partial charge on any atom is 0.271 e. The van der Waals surface area contributed by atoms with E-state index in [-0.39, 0.29) is 11.3 Å². The average molecular weight is 353 g/mol. The third-order valence-corrected chi connectivity index (χ3v) is 3.45. The average Bonchev–Trinajstić information content (AvgIpc) is 3.11. The first-order chi connectivity index (χ1) is 12.5. The van der Waals surface area contributed by atoms with E-state index in [0.29, 0.717) is 17.1 Å². The van der Waals surface area contributed by atoms with E-state index in [2.05, 4.69) is 10.5 Å². The van der Waals surface area contributed by atoms with Crippen molar-refractivity contribution in [2.45, 2.75) is 0 Å². The molecule has 1 aromatic heterocycles. The van der Waals surface area contributed by atoms with Gasteiger partial charge in [-0.05, 0) is 48.5 Å². The van der Waals surface area contributed by atoms with E-state index >= 15 is 0 Å². The number of benzene rings is 2. The first kappa shape index (κ1) is 17.0. The number of hydrogen-bond donors (Lipinski definition) is 1. The standard InChI is InChI=1S/C18H12FN3O4/c19-14-5-1-13(2-6-14)18(23)21-20-11-16-9-10-17(26-16)12-3-7-15(8-4-12)22(24)25/h1-11H,(H,21,23). The zero-order valence-corrected chi connectivity index (χ0v) is 13.3. The first-order valence-electron chi connectivity index (χ1n) is 7.46. The molecule has 3 aromatic rings. The molecular formula is C18H12FN3O4. The number of nitro benzene ring substituents is 1. The molecular weight excluding hydrogens is 341 g/mol. The number of furan rings is 1. The van der Waals surface area contributed by atoms with E-state index in [1.165, 1.54) is 42.6 Å². The van der Waals surface area contributed by atoms with Crippen LogP contribution >= 0.6 is 0 Å². The molecule has 0 saturated carbocycles. The quantitative estimate of drug-likeness (QED) is 0.429. The molecule has 130 valence electrons. The Morgan fingerprint density at radius 3 is 2.42 bits per heavy atom. The number of amides is 1. The van der Waals surface area contributed by atoms with E-state index in [9.17, 15) is 19.3 Å². The van der Waals surface area contributed by atoms with Gasteiger partial charge in [-0.15, -0.1) is 0 Å². The Hall–Kier alpha value is -3.81. The minimum absolute atomic E-state index is 0.00871. The lowest BCUT2D eigenvalue weighted by Crippen LogP contribution is -2.17. The van der Waals surface area contributed by atoms with Gasteiger partial charge in [0.05, 0.1) is 11.1 Å². The molecule has 1 heterocycles. The summed E-state index contributed by atoms with van der Waals surface area (Å²) >= 11 is 0. The van der Waals surface area contributed by atoms with E-state index in [0.717, 1.165) is 0 Å². The van der Waals surface area contributed by atoms with Gasteiger partial charge in [-0.1, -0.05) is 0 Å². The van der Waals surface area contributed by atoms with Gasteiger partial charge in [0.2, 0.25) is 0 Å². The van der Waals surface area contributed by atoms with Crippen molar-refractivity contribution in [3.63, 3.8) is 0 Å². The number of carbonyl (C=O) groups is 1. The summed E-state index contributed by atoms with van der Waals surface area (Å²) in [6, 6.07) is 14.3. The maximum absolute atomic E-state index is 12.8. The van der Waals surface area contributed by atoms with Gasteiger partial charge in [0.15, 0.2) is 0 Å². The number of nitrogens with one attached hydrogen (secondary N) is 1. The second kappa shape index (κ2) is 7.39. The molecule has 2 aromatic carbocycles. The number of hydrogen-bond acceptors (Lipinski definition) is 5. The van der Waals surface area contributed by atoms with Crippen LogP contribution in [0.25, 0.3) is 11.3 Å². The van der Waals surface area contributed by atoms with Crippen LogP contribution in [-0.2, 0) is 0 Å². The molecule has 0 aliphatic heterocycles. The monoisotopic (exact) mass is 353 g/mol. The van der Waals surface area contributed by atoms with Gasteiger partial charge in [0, 0.05) is 23.3 Å². The zero-order valence-electron chi connectivity index (χ0n) is 13.3. The maximum atomic E-state index is 12.8. The molecule has 0 fully saturated rings. The van der Waals surface area contributed by atoms with Crippen molar-refractivity contribution in [2.24, 2.45) is 5.10 Å². The summed E-state index contributed by atoms with van der Waals surface area (Å²) in [7, 11) is 0. The van der Waals surface area contributed by atoms with Crippen molar-refractivity contribution >= 4 is 17.8 Å². The predicted octanol–water partition coefficient (Wildman–Crippen LogP) is 3.76. The van der Waals surface area contributed by atoms with Gasteiger partial charge >= 0.3 is 0 Å². The third kappa shape index (κ3) is 3.99. The Kier molecular flexibility index (Phi) is 4.84. The molecule has 3 rings (SSSR count). The summed E-state index contributed by atoms with van der Waals surface area (Å²) < 4.78 is 18.4. The number of rotatable bonds is 5. The molecule has 1 N–H and O–H groups in total. The Morgan fingerprint density at radius 1 is 1.08 bits per heavy atom. The third-order valence-electron chi connectivity index (χ3n) is 3.45. The van der Waals surface area contributed by atoms with E-state index in [1.807, 2.05) is 0 Å². The SMILES string of the molecule is O=C(NN=Cc1ccc(-c2ccc([N+](=O)[O-])cc2)o1)c1ccc(F)cc1. The van der Waals surface area contributed by atoms with Crippen LogP contribution in [-0.4, -0.2) is 17.0 Å². The highest BCUT2D eigenvalue weighted by atomic mass is 19.1.